The quantitative estimate of drug-likeness (QED) is 0.525. The topological polar surface area (TPSA) is 22.1 Å². The van der Waals surface area contributed by atoms with Crippen LogP contribution in [0.1, 0.15) is 16.7 Å². The second-order valence-corrected chi connectivity index (χ2v) is 5.74. The minimum Gasteiger partial charge on any atom is -0.497 e. The fourth-order valence-electron chi connectivity index (χ4n) is 2.36. The number of halogens is 4. The Kier molecular flexibility index (Phi) is 4.68. The summed E-state index contributed by atoms with van der Waals surface area (Å²) in [5, 5.41) is 1.18. The zero-order valence-corrected chi connectivity index (χ0v) is 13.9. The molecule has 3 rings (SSSR count). The van der Waals surface area contributed by atoms with Gasteiger partial charge in [0.15, 0.2) is 0 Å². The highest BCUT2D eigenvalue weighted by molar-refractivity contribution is 6.31. The zero-order valence-electron chi connectivity index (χ0n) is 13.1. The predicted molar refractivity (Wildman–Crippen MR) is 93.7 cm³/mol. The van der Waals surface area contributed by atoms with E-state index in [9.17, 15) is 13.2 Å². The van der Waals surface area contributed by atoms with E-state index in [1.807, 2.05) is 18.2 Å². The van der Waals surface area contributed by atoms with Crippen molar-refractivity contribution in [3.05, 3.63) is 70.4 Å². The zero-order chi connectivity index (χ0) is 18.0. The van der Waals surface area contributed by atoms with Crippen LogP contribution in [-0.4, -0.2) is 12.1 Å². The molecule has 1 aromatic heterocycles. The van der Waals surface area contributed by atoms with E-state index in [1.54, 1.807) is 25.3 Å². The van der Waals surface area contributed by atoms with Gasteiger partial charge in [0.05, 0.1) is 18.2 Å². The first-order valence-corrected chi connectivity index (χ1v) is 7.74. The number of benzene rings is 2. The van der Waals surface area contributed by atoms with Crippen LogP contribution in [0.2, 0.25) is 5.15 Å². The molecule has 0 amide bonds. The van der Waals surface area contributed by atoms with Gasteiger partial charge >= 0.3 is 6.18 Å². The number of hydrogen-bond acceptors (Lipinski definition) is 2. The Bertz CT molecular complexity index is 934. The van der Waals surface area contributed by atoms with Crippen LogP contribution in [0, 0.1) is 0 Å². The number of ether oxygens (including phenoxy) is 1. The van der Waals surface area contributed by atoms with Gasteiger partial charge in [-0.05, 0) is 42.0 Å². The van der Waals surface area contributed by atoms with Gasteiger partial charge in [0, 0.05) is 10.9 Å². The van der Waals surface area contributed by atoms with Crippen LogP contribution >= 0.6 is 11.6 Å². The summed E-state index contributed by atoms with van der Waals surface area (Å²) in [6.45, 7) is 0. The Morgan fingerprint density at radius 1 is 1.00 bits per heavy atom. The normalized spacial score (nSPS) is 12.0. The van der Waals surface area contributed by atoms with E-state index in [0.717, 1.165) is 23.0 Å². The van der Waals surface area contributed by atoms with Crippen LogP contribution in [0.25, 0.3) is 23.1 Å². The van der Waals surface area contributed by atoms with Crippen molar-refractivity contribution < 1.29 is 17.9 Å². The third-order valence-electron chi connectivity index (χ3n) is 3.70. The Labute approximate surface area is 147 Å². The van der Waals surface area contributed by atoms with Crippen molar-refractivity contribution in [2.24, 2.45) is 0 Å². The molecule has 0 unspecified atom stereocenters. The highest BCUT2D eigenvalue weighted by atomic mass is 35.5. The highest BCUT2D eigenvalue weighted by Crippen LogP contribution is 2.30. The molecule has 2 nitrogen and oxygen atoms in total. The third kappa shape index (κ3) is 3.94. The standard InChI is InChI=1S/C19H13ClF3NO/c1-25-16-8-9-17-14(11-16)10-13(18(20)24-17)5-2-12-3-6-15(7-4-12)19(21,22)23/h2-11H,1H3/b5-2+. The van der Waals surface area contributed by atoms with Crippen molar-refractivity contribution in [3.8, 4) is 5.75 Å². The molecular weight excluding hydrogens is 351 g/mol. The lowest BCUT2D eigenvalue weighted by Gasteiger charge is -2.06. The number of methoxy groups -OCH3 is 1. The Morgan fingerprint density at radius 2 is 1.72 bits per heavy atom. The summed E-state index contributed by atoms with van der Waals surface area (Å²) < 4.78 is 42.9. The van der Waals surface area contributed by atoms with Crippen molar-refractivity contribution in [3.63, 3.8) is 0 Å². The molecule has 0 aliphatic carbocycles. The van der Waals surface area contributed by atoms with Crippen molar-refractivity contribution in [1.82, 2.24) is 4.98 Å². The Hall–Kier alpha value is -2.53. The molecule has 0 atom stereocenters. The number of alkyl halides is 3. The van der Waals surface area contributed by atoms with Gasteiger partial charge in [0.25, 0.3) is 0 Å². The fourth-order valence-corrected chi connectivity index (χ4v) is 2.57. The summed E-state index contributed by atoms with van der Waals surface area (Å²) in [5.74, 6) is 0.703. The molecule has 0 aliphatic rings. The molecule has 0 saturated carbocycles. The van der Waals surface area contributed by atoms with Crippen molar-refractivity contribution >= 4 is 34.7 Å². The average molecular weight is 364 g/mol. The first-order chi connectivity index (χ1) is 11.9. The summed E-state index contributed by atoms with van der Waals surface area (Å²) in [7, 11) is 1.58. The lowest BCUT2D eigenvalue weighted by atomic mass is 10.1. The highest BCUT2D eigenvalue weighted by Gasteiger charge is 2.29. The molecule has 1 heterocycles. The summed E-state index contributed by atoms with van der Waals surface area (Å²) in [5.41, 5.74) is 1.36. The number of aromatic nitrogens is 1. The van der Waals surface area contributed by atoms with Crippen LogP contribution < -0.4 is 4.74 Å². The molecule has 0 radical (unpaired) electrons. The average Bonchev–Trinajstić information content (AvgIpc) is 2.59. The number of nitrogens with zero attached hydrogens (tertiary/aromatic N) is 1. The van der Waals surface area contributed by atoms with Gasteiger partial charge < -0.3 is 4.74 Å². The fraction of sp³-hybridized carbons (Fsp3) is 0.105. The smallest absolute Gasteiger partial charge is 0.416 e. The number of pyridine rings is 1. The lowest BCUT2D eigenvalue weighted by Crippen LogP contribution is -2.03. The van der Waals surface area contributed by atoms with Crippen LogP contribution in [0.3, 0.4) is 0 Å². The van der Waals surface area contributed by atoms with E-state index in [4.69, 9.17) is 16.3 Å². The van der Waals surface area contributed by atoms with E-state index < -0.39 is 11.7 Å². The second kappa shape index (κ2) is 6.76. The lowest BCUT2D eigenvalue weighted by molar-refractivity contribution is -0.137. The summed E-state index contributed by atoms with van der Waals surface area (Å²) in [6.07, 6.45) is -0.932. The minimum atomic E-state index is -4.34. The molecule has 0 aliphatic heterocycles. The number of hydrogen-bond donors (Lipinski definition) is 0. The first-order valence-electron chi connectivity index (χ1n) is 7.36. The molecule has 25 heavy (non-hydrogen) atoms. The molecule has 0 fully saturated rings. The van der Waals surface area contributed by atoms with Crippen LogP contribution in [-0.2, 0) is 6.18 Å². The third-order valence-corrected chi connectivity index (χ3v) is 4.00. The van der Waals surface area contributed by atoms with Crippen molar-refractivity contribution in [2.45, 2.75) is 6.18 Å². The molecule has 2 aromatic carbocycles. The van der Waals surface area contributed by atoms with Gasteiger partial charge in [-0.3, -0.25) is 0 Å². The van der Waals surface area contributed by atoms with Gasteiger partial charge in [-0.15, -0.1) is 0 Å². The molecule has 128 valence electrons. The van der Waals surface area contributed by atoms with E-state index in [-0.39, 0.29) is 0 Å². The molecule has 6 heteroatoms. The van der Waals surface area contributed by atoms with Crippen molar-refractivity contribution in [2.75, 3.05) is 7.11 Å². The maximum Gasteiger partial charge on any atom is 0.416 e. The Morgan fingerprint density at radius 3 is 2.36 bits per heavy atom. The van der Waals surface area contributed by atoms with Crippen LogP contribution in [0.5, 0.6) is 5.75 Å². The monoisotopic (exact) mass is 363 g/mol. The van der Waals surface area contributed by atoms with E-state index in [0.29, 0.717) is 22.0 Å². The summed E-state index contributed by atoms with van der Waals surface area (Å²) in [4.78, 5) is 4.32. The molecular formula is C19H13ClF3NO. The molecule has 0 N–H and O–H groups in total. The molecule has 0 saturated heterocycles. The van der Waals surface area contributed by atoms with Gasteiger partial charge in [-0.1, -0.05) is 35.9 Å². The molecule has 0 spiro atoms. The largest absolute Gasteiger partial charge is 0.497 e. The van der Waals surface area contributed by atoms with Crippen molar-refractivity contribution in [1.29, 1.82) is 0 Å². The van der Waals surface area contributed by atoms with Gasteiger partial charge in [0.1, 0.15) is 10.9 Å². The second-order valence-electron chi connectivity index (χ2n) is 5.38. The number of fused-ring (bicyclic) bond motifs is 1. The minimum absolute atomic E-state index is 0.320. The van der Waals surface area contributed by atoms with E-state index in [1.165, 1.54) is 12.1 Å². The van der Waals surface area contributed by atoms with Gasteiger partial charge in [0.2, 0.25) is 0 Å². The maximum absolute atomic E-state index is 12.6. The van der Waals surface area contributed by atoms with E-state index >= 15 is 0 Å². The molecule has 0 bridgehead atoms. The SMILES string of the molecule is COc1ccc2nc(Cl)c(/C=C/c3ccc(C(F)(F)F)cc3)cc2c1. The first kappa shape index (κ1) is 17.3. The predicted octanol–water partition coefficient (Wildman–Crippen LogP) is 6.09. The summed E-state index contributed by atoms with van der Waals surface area (Å²) in [6, 6.07) is 12.2. The molecule has 3 aromatic rings. The summed E-state index contributed by atoms with van der Waals surface area (Å²) >= 11 is 6.19. The van der Waals surface area contributed by atoms with Gasteiger partial charge in [-0.25, -0.2) is 4.98 Å². The van der Waals surface area contributed by atoms with Crippen LogP contribution in [0.4, 0.5) is 13.2 Å². The maximum atomic E-state index is 12.6. The van der Waals surface area contributed by atoms with Crippen LogP contribution in [0.15, 0.2) is 48.5 Å². The van der Waals surface area contributed by atoms with Gasteiger partial charge in [-0.2, -0.15) is 13.2 Å². The van der Waals surface area contributed by atoms with E-state index in [2.05, 4.69) is 4.98 Å². The Balaban J connectivity index is 1.91. The number of rotatable bonds is 3.